The summed E-state index contributed by atoms with van der Waals surface area (Å²) in [4.78, 5) is 30.1. The largest absolute Gasteiger partial charge is 0.381 e. The van der Waals surface area contributed by atoms with Crippen LogP contribution in [0.2, 0.25) is 0 Å². The maximum Gasteiger partial charge on any atom is 0.277 e. The van der Waals surface area contributed by atoms with Crippen LogP contribution in [-0.4, -0.2) is 48.4 Å². The van der Waals surface area contributed by atoms with Gasteiger partial charge in [-0.05, 0) is 48.9 Å². The van der Waals surface area contributed by atoms with Crippen molar-refractivity contribution in [2.45, 2.75) is 46.6 Å². The van der Waals surface area contributed by atoms with Gasteiger partial charge in [0.1, 0.15) is 5.70 Å². The Morgan fingerprint density at radius 1 is 0.906 bits per heavy atom. The number of ether oxygens (including phenoxy) is 1. The molecule has 1 heterocycles. The summed E-state index contributed by atoms with van der Waals surface area (Å²) in [6, 6.07) is 15.9. The van der Waals surface area contributed by atoms with Gasteiger partial charge in [0.15, 0.2) is 0 Å². The second kappa shape index (κ2) is 11.1. The van der Waals surface area contributed by atoms with Crippen molar-refractivity contribution in [3.8, 4) is 0 Å². The van der Waals surface area contributed by atoms with Crippen molar-refractivity contribution in [3.05, 3.63) is 76.5 Å². The molecule has 0 fully saturated rings. The van der Waals surface area contributed by atoms with Crippen molar-refractivity contribution in [3.63, 3.8) is 0 Å². The van der Waals surface area contributed by atoms with Crippen molar-refractivity contribution >= 4 is 17.4 Å². The van der Waals surface area contributed by atoms with Crippen LogP contribution in [0.1, 0.15) is 48.4 Å². The molecule has 0 unspecified atom stereocenters. The first kappa shape index (κ1) is 23.7. The Kier molecular flexibility index (Phi) is 8.23. The summed E-state index contributed by atoms with van der Waals surface area (Å²) in [5.41, 5.74) is 5.10. The van der Waals surface area contributed by atoms with Crippen LogP contribution in [0.5, 0.6) is 0 Å². The molecule has 3 rings (SSSR count). The number of carbonyl (C=O) groups excluding carboxylic acids is 2. The molecule has 32 heavy (non-hydrogen) atoms. The minimum absolute atomic E-state index is 0.221. The van der Waals surface area contributed by atoms with E-state index in [1.807, 2.05) is 74.3 Å². The molecule has 2 aromatic rings. The van der Waals surface area contributed by atoms with Crippen molar-refractivity contribution < 1.29 is 14.3 Å². The van der Waals surface area contributed by atoms with Crippen LogP contribution in [0.4, 0.5) is 0 Å². The third kappa shape index (κ3) is 5.46. The summed E-state index contributed by atoms with van der Waals surface area (Å²) in [7, 11) is 1.88. The van der Waals surface area contributed by atoms with Gasteiger partial charge in [0.05, 0.1) is 5.57 Å². The van der Waals surface area contributed by atoms with E-state index in [0.29, 0.717) is 37.4 Å². The predicted octanol–water partition coefficient (Wildman–Crippen LogP) is 4.72. The number of amides is 2. The second-order valence-electron chi connectivity index (χ2n) is 8.45. The fourth-order valence-electron chi connectivity index (χ4n) is 3.89. The molecule has 0 bridgehead atoms. The standard InChI is InChI=1S/C27H34N2O3/c1-5-6-16-32-17-10-15-29-26(30)24(23-14-13-20(2)21(3)18-23)25(27(29)31)28(4)19-22-11-8-7-9-12-22/h7-9,11-14,18H,5-6,10,15-17,19H2,1-4H3. The van der Waals surface area contributed by atoms with Crippen molar-refractivity contribution in [2.75, 3.05) is 26.8 Å². The lowest BCUT2D eigenvalue weighted by Crippen LogP contribution is -2.35. The molecule has 0 aliphatic carbocycles. The highest BCUT2D eigenvalue weighted by molar-refractivity contribution is 6.35. The van der Waals surface area contributed by atoms with Gasteiger partial charge >= 0.3 is 0 Å². The topological polar surface area (TPSA) is 49.9 Å². The lowest BCUT2D eigenvalue weighted by Gasteiger charge is -2.21. The third-order valence-corrected chi connectivity index (χ3v) is 5.90. The number of unbranched alkanes of at least 4 members (excludes halogenated alkanes) is 1. The zero-order chi connectivity index (χ0) is 23.1. The fraction of sp³-hybridized carbons (Fsp3) is 0.407. The van der Waals surface area contributed by atoms with E-state index >= 15 is 0 Å². The fourth-order valence-corrected chi connectivity index (χ4v) is 3.89. The second-order valence-corrected chi connectivity index (χ2v) is 8.45. The summed E-state index contributed by atoms with van der Waals surface area (Å²) in [5, 5.41) is 0. The van der Waals surface area contributed by atoms with Crippen molar-refractivity contribution in [2.24, 2.45) is 0 Å². The van der Waals surface area contributed by atoms with Gasteiger partial charge in [-0.15, -0.1) is 0 Å². The monoisotopic (exact) mass is 434 g/mol. The summed E-state index contributed by atoms with van der Waals surface area (Å²) >= 11 is 0. The third-order valence-electron chi connectivity index (χ3n) is 5.90. The first-order chi connectivity index (χ1) is 15.4. The van der Waals surface area contributed by atoms with Gasteiger partial charge in [-0.25, -0.2) is 0 Å². The highest BCUT2D eigenvalue weighted by atomic mass is 16.5. The Morgan fingerprint density at radius 3 is 2.31 bits per heavy atom. The van der Waals surface area contributed by atoms with E-state index < -0.39 is 0 Å². The van der Waals surface area contributed by atoms with Gasteiger partial charge in [0.25, 0.3) is 11.8 Å². The number of benzene rings is 2. The molecule has 2 amide bonds. The molecule has 0 aromatic heterocycles. The Bertz CT molecular complexity index is 982. The maximum absolute atomic E-state index is 13.4. The first-order valence-corrected chi connectivity index (χ1v) is 11.4. The lowest BCUT2D eigenvalue weighted by molar-refractivity contribution is -0.137. The molecule has 170 valence electrons. The Balaban J connectivity index is 1.86. The van der Waals surface area contributed by atoms with Crippen LogP contribution in [-0.2, 0) is 20.9 Å². The molecule has 1 aliphatic rings. The van der Waals surface area contributed by atoms with E-state index in [9.17, 15) is 9.59 Å². The lowest BCUT2D eigenvalue weighted by atomic mass is 9.99. The highest BCUT2D eigenvalue weighted by Crippen LogP contribution is 2.32. The quantitative estimate of drug-likeness (QED) is 0.379. The highest BCUT2D eigenvalue weighted by Gasteiger charge is 2.40. The molecule has 1 aliphatic heterocycles. The minimum atomic E-state index is -0.227. The Labute approximate surface area is 191 Å². The zero-order valence-electron chi connectivity index (χ0n) is 19.7. The number of imide groups is 1. The number of rotatable bonds is 11. The van der Waals surface area contributed by atoms with Gasteiger partial charge in [0.2, 0.25) is 0 Å². The van der Waals surface area contributed by atoms with E-state index in [1.54, 1.807) is 0 Å². The van der Waals surface area contributed by atoms with E-state index in [2.05, 4.69) is 6.92 Å². The summed E-state index contributed by atoms with van der Waals surface area (Å²) in [6.07, 6.45) is 2.75. The van der Waals surface area contributed by atoms with Crippen LogP contribution in [0.15, 0.2) is 54.2 Å². The number of carbonyl (C=O) groups is 2. The molecule has 5 nitrogen and oxygen atoms in total. The van der Waals surface area contributed by atoms with Gasteiger partial charge in [-0.1, -0.05) is 61.9 Å². The van der Waals surface area contributed by atoms with Crippen LogP contribution in [0.3, 0.4) is 0 Å². The average molecular weight is 435 g/mol. The van der Waals surface area contributed by atoms with E-state index in [1.165, 1.54) is 4.90 Å². The smallest absolute Gasteiger partial charge is 0.277 e. The molecule has 0 saturated heterocycles. The number of aryl methyl sites for hydroxylation is 2. The minimum Gasteiger partial charge on any atom is -0.381 e. The number of nitrogens with zero attached hydrogens (tertiary/aromatic N) is 2. The van der Waals surface area contributed by atoms with Gasteiger partial charge in [0, 0.05) is 33.4 Å². The number of hydrogen-bond acceptors (Lipinski definition) is 4. The van der Waals surface area contributed by atoms with Crippen LogP contribution < -0.4 is 0 Å². The van der Waals surface area contributed by atoms with Gasteiger partial charge < -0.3 is 9.64 Å². The predicted molar refractivity (Wildman–Crippen MR) is 128 cm³/mol. The molecule has 5 heteroatoms. The van der Waals surface area contributed by atoms with Crippen LogP contribution >= 0.6 is 0 Å². The van der Waals surface area contributed by atoms with Gasteiger partial charge in [-0.2, -0.15) is 0 Å². The molecule has 0 N–H and O–H groups in total. The number of likely N-dealkylation sites (N-methyl/N-ethyl adjacent to an activating group) is 1. The normalized spacial score (nSPS) is 13.9. The molecular formula is C27H34N2O3. The summed E-state index contributed by atoms with van der Waals surface area (Å²) < 4.78 is 5.62. The Hall–Kier alpha value is -2.92. The average Bonchev–Trinajstić information content (AvgIpc) is 3.03. The van der Waals surface area contributed by atoms with Crippen LogP contribution in [0.25, 0.3) is 5.57 Å². The van der Waals surface area contributed by atoms with Crippen molar-refractivity contribution in [1.29, 1.82) is 0 Å². The molecule has 0 saturated carbocycles. The van der Waals surface area contributed by atoms with E-state index in [0.717, 1.165) is 41.7 Å². The van der Waals surface area contributed by atoms with Gasteiger partial charge in [-0.3, -0.25) is 14.5 Å². The number of hydrogen-bond donors (Lipinski definition) is 0. The van der Waals surface area contributed by atoms with E-state index in [4.69, 9.17) is 4.74 Å². The zero-order valence-corrected chi connectivity index (χ0v) is 19.7. The maximum atomic E-state index is 13.4. The van der Waals surface area contributed by atoms with Crippen LogP contribution in [0, 0.1) is 13.8 Å². The molecule has 0 spiro atoms. The van der Waals surface area contributed by atoms with Crippen molar-refractivity contribution in [1.82, 2.24) is 9.80 Å². The molecular weight excluding hydrogens is 400 g/mol. The first-order valence-electron chi connectivity index (χ1n) is 11.4. The molecule has 2 aromatic carbocycles. The molecule has 0 radical (unpaired) electrons. The SMILES string of the molecule is CCCCOCCCN1C(=O)C(c2ccc(C)c(C)c2)=C(N(C)Cc2ccccc2)C1=O. The summed E-state index contributed by atoms with van der Waals surface area (Å²) in [5.74, 6) is -0.447. The Morgan fingerprint density at radius 2 is 1.62 bits per heavy atom. The van der Waals surface area contributed by atoms with E-state index in [-0.39, 0.29) is 11.8 Å². The molecule has 0 atom stereocenters. The summed E-state index contributed by atoms with van der Waals surface area (Å²) in [6.45, 7) is 8.37.